The highest BCUT2D eigenvalue weighted by Gasteiger charge is 2.20. The number of rotatable bonds is 4. The van der Waals surface area contributed by atoms with Gasteiger partial charge in [0.1, 0.15) is 4.88 Å². The van der Waals surface area contributed by atoms with Gasteiger partial charge in [-0.15, -0.1) is 5.10 Å². The van der Waals surface area contributed by atoms with Gasteiger partial charge in [-0.2, -0.15) is 0 Å². The molecule has 1 aliphatic rings. The van der Waals surface area contributed by atoms with E-state index in [0.717, 1.165) is 44.5 Å². The fraction of sp³-hybridized carbons (Fsp3) is 0.727. The van der Waals surface area contributed by atoms with Gasteiger partial charge in [0.2, 0.25) is 0 Å². The summed E-state index contributed by atoms with van der Waals surface area (Å²) in [4.78, 5) is 12.7. The van der Waals surface area contributed by atoms with E-state index >= 15 is 0 Å². The smallest absolute Gasteiger partial charge is 0.265 e. The van der Waals surface area contributed by atoms with Crippen molar-refractivity contribution in [2.24, 2.45) is 0 Å². The van der Waals surface area contributed by atoms with Gasteiger partial charge in [-0.3, -0.25) is 4.79 Å². The standard InChI is InChI=1S/C11H18N4OS/c1-2-4-9-10(17-15-14-9)11(16)13-8-5-3-6-12-7-8/h8,12H,2-7H2,1H3,(H,13,16)/t8-/m1/s1. The van der Waals surface area contributed by atoms with Crippen LogP contribution in [0.5, 0.6) is 0 Å². The fourth-order valence-electron chi connectivity index (χ4n) is 2.01. The van der Waals surface area contributed by atoms with E-state index in [1.165, 1.54) is 11.5 Å². The first kappa shape index (κ1) is 12.4. The lowest BCUT2D eigenvalue weighted by molar-refractivity contribution is 0.0933. The Hall–Kier alpha value is -1.01. The van der Waals surface area contributed by atoms with Crippen molar-refractivity contribution in [2.75, 3.05) is 13.1 Å². The van der Waals surface area contributed by atoms with Gasteiger partial charge in [0.15, 0.2) is 0 Å². The van der Waals surface area contributed by atoms with Gasteiger partial charge in [-0.1, -0.05) is 17.8 Å². The molecule has 1 saturated heterocycles. The molecular weight excluding hydrogens is 236 g/mol. The summed E-state index contributed by atoms with van der Waals surface area (Å²) in [7, 11) is 0. The van der Waals surface area contributed by atoms with Crippen molar-refractivity contribution >= 4 is 17.4 Å². The SMILES string of the molecule is CCCc1nnsc1C(=O)N[C@@H]1CCCNC1. The summed E-state index contributed by atoms with van der Waals surface area (Å²) in [5.41, 5.74) is 0.832. The molecule has 6 heteroatoms. The molecule has 0 aliphatic carbocycles. The molecule has 1 fully saturated rings. The van der Waals surface area contributed by atoms with Crippen molar-refractivity contribution < 1.29 is 4.79 Å². The van der Waals surface area contributed by atoms with Gasteiger partial charge in [0.25, 0.3) is 5.91 Å². The Labute approximate surface area is 105 Å². The van der Waals surface area contributed by atoms with Crippen LogP contribution in [0.4, 0.5) is 0 Å². The Morgan fingerprint density at radius 2 is 2.53 bits per heavy atom. The van der Waals surface area contributed by atoms with Crippen molar-refractivity contribution in [3.05, 3.63) is 10.6 Å². The average Bonchev–Trinajstić information content (AvgIpc) is 2.79. The van der Waals surface area contributed by atoms with Crippen LogP contribution in [0, 0.1) is 0 Å². The van der Waals surface area contributed by atoms with Crippen molar-refractivity contribution in [3.8, 4) is 0 Å². The van der Waals surface area contributed by atoms with Crippen LogP contribution in [0.1, 0.15) is 41.6 Å². The molecule has 0 bridgehead atoms. The molecular formula is C11H18N4OS. The molecule has 1 amide bonds. The number of carbonyl (C=O) groups excluding carboxylic acids is 1. The summed E-state index contributed by atoms with van der Waals surface area (Å²) >= 11 is 1.19. The van der Waals surface area contributed by atoms with E-state index < -0.39 is 0 Å². The Morgan fingerprint density at radius 1 is 1.65 bits per heavy atom. The van der Waals surface area contributed by atoms with Gasteiger partial charge in [0, 0.05) is 12.6 Å². The van der Waals surface area contributed by atoms with E-state index in [9.17, 15) is 4.79 Å². The van der Waals surface area contributed by atoms with E-state index in [2.05, 4.69) is 27.1 Å². The van der Waals surface area contributed by atoms with Crippen LogP contribution in [0.3, 0.4) is 0 Å². The lowest BCUT2D eigenvalue weighted by atomic mass is 10.1. The minimum atomic E-state index is -0.0165. The van der Waals surface area contributed by atoms with Crippen molar-refractivity contribution in [1.82, 2.24) is 20.2 Å². The maximum Gasteiger partial charge on any atom is 0.265 e. The highest BCUT2D eigenvalue weighted by Crippen LogP contribution is 2.13. The monoisotopic (exact) mass is 254 g/mol. The number of piperidine rings is 1. The van der Waals surface area contributed by atoms with E-state index in [-0.39, 0.29) is 11.9 Å². The number of hydrogen-bond acceptors (Lipinski definition) is 5. The van der Waals surface area contributed by atoms with Crippen LogP contribution in [0.2, 0.25) is 0 Å². The molecule has 0 saturated carbocycles. The van der Waals surface area contributed by atoms with Crippen LogP contribution in [-0.2, 0) is 6.42 Å². The molecule has 1 aromatic heterocycles. The maximum atomic E-state index is 12.1. The third kappa shape index (κ3) is 3.23. The van der Waals surface area contributed by atoms with Gasteiger partial charge >= 0.3 is 0 Å². The minimum absolute atomic E-state index is 0.0165. The predicted molar refractivity (Wildman–Crippen MR) is 67.3 cm³/mol. The zero-order chi connectivity index (χ0) is 12.1. The highest BCUT2D eigenvalue weighted by molar-refractivity contribution is 7.08. The summed E-state index contributed by atoms with van der Waals surface area (Å²) in [6.07, 6.45) is 3.97. The van der Waals surface area contributed by atoms with Crippen molar-refractivity contribution in [1.29, 1.82) is 0 Å². The molecule has 2 N–H and O–H groups in total. The fourth-order valence-corrected chi connectivity index (χ4v) is 2.62. The normalized spacial score (nSPS) is 20.2. The van der Waals surface area contributed by atoms with E-state index in [1.807, 2.05) is 0 Å². The molecule has 1 aromatic rings. The Balaban J connectivity index is 1.96. The third-order valence-corrected chi connectivity index (χ3v) is 3.65. The number of hydrogen-bond donors (Lipinski definition) is 2. The summed E-state index contributed by atoms with van der Waals surface area (Å²) in [6, 6.07) is 0.243. The van der Waals surface area contributed by atoms with Crippen LogP contribution >= 0.6 is 11.5 Å². The Kier molecular flexibility index (Phi) is 4.44. The van der Waals surface area contributed by atoms with Gasteiger partial charge in [-0.05, 0) is 37.3 Å². The number of aryl methyl sites for hydroxylation is 1. The van der Waals surface area contributed by atoms with Crippen molar-refractivity contribution in [2.45, 2.75) is 38.6 Å². The first-order chi connectivity index (χ1) is 8.31. The number of carbonyl (C=O) groups is 1. The minimum Gasteiger partial charge on any atom is -0.347 e. The van der Waals surface area contributed by atoms with E-state index in [4.69, 9.17) is 0 Å². The lowest BCUT2D eigenvalue weighted by Crippen LogP contribution is -2.45. The van der Waals surface area contributed by atoms with Gasteiger partial charge in [-0.25, -0.2) is 0 Å². The third-order valence-electron chi connectivity index (χ3n) is 2.88. The van der Waals surface area contributed by atoms with E-state index in [0.29, 0.717) is 4.88 Å². The first-order valence-electron chi connectivity index (χ1n) is 6.14. The lowest BCUT2D eigenvalue weighted by Gasteiger charge is -2.23. The second-order valence-corrected chi connectivity index (χ2v) is 5.07. The topological polar surface area (TPSA) is 66.9 Å². The van der Waals surface area contributed by atoms with Crippen LogP contribution < -0.4 is 10.6 Å². The molecule has 0 aromatic carbocycles. The highest BCUT2D eigenvalue weighted by atomic mass is 32.1. The summed E-state index contributed by atoms with van der Waals surface area (Å²) < 4.78 is 3.87. The zero-order valence-electron chi connectivity index (χ0n) is 10.0. The molecule has 1 aliphatic heterocycles. The number of nitrogens with zero attached hydrogens (tertiary/aromatic N) is 2. The molecule has 94 valence electrons. The summed E-state index contributed by atoms with van der Waals surface area (Å²) in [5, 5.41) is 10.3. The van der Waals surface area contributed by atoms with E-state index in [1.54, 1.807) is 0 Å². The van der Waals surface area contributed by atoms with Crippen LogP contribution in [-0.4, -0.2) is 34.6 Å². The molecule has 5 nitrogen and oxygen atoms in total. The molecule has 0 spiro atoms. The Morgan fingerprint density at radius 3 is 3.24 bits per heavy atom. The molecule has 0 unspecified atom stereocenters. The second-order valence-electron chi connectivity index (χ2n) is 4.32. The largest absolute Gasteiger partial charge is 0.347 e. The summed E-state index contributed by atoms with van der Waals surface area (Å²) in [6.45, 7) is 3.99. The molecule has 2 rings (SSSR count). The van der Waals surface area contributed by atoms with Gasteiger partial charge < -0.3 is 10.6 Å². The average molecular weight is 254 g/mol. The number of aromatic nitrogens is 2. The molecule has 0 radical (unpaired) electrons. The van der Waals surface area contributed by atoms with Crippen molar-refractivity contribution in [3.63, 3.8) is 0 Å². The van der Waals surface area contributed by atoms with Gasteiger partial charge in [0.05, 0.1) is 5.69 Å². The number of amides is 1. The quantitative estimate of drug-likeness (QED) is 0.840. The molecule has 1 atom stereocenters. The predicted octanol–water partition coefficient (Wildman–Crippen LogP) is 0.972. The summed E-state index contributed by atoms with van der Waals surface area (Å²) in [5.74, 6) is -0.0165. The zero-order valence-corrected chi connectivity index (χ0v) is 10.8. The van der Waals surface area contributed by atoms with Crippen LogP contribution in [0.15, 0.2) is 0 Å². The molecule has 17 heavy (non-hydrogen) atoms. The number of nitrogens with one attached hydrogen (secondary N) is 2. The van der Waals surface area contributed by atoms with Crippen LogP contribution in [0.25, 0.3) is 0 Å². The first-order valence-corrected chi connectivity index (χ1v) is 6.91. The second kappa shape index (κ2) is 6.07. The maximum absolute atomic E-state index is 12.1. The Bertz CT molecular complexity index is 373. The molecule has 2 heterocycles.